The Morgan fingerprint density at radius 2 is 1.81 bits per heavy atom. The van der Waals surface area contributed by atoms with Crippen LogP contribution in [0.4, 0.5) is 5.69 Å². The van der Waals surface area contributed by atoms with Crippen molar-refractivity contribution in [2.24, 2.45) is 11.8 Å². The number of benzene rings is 2. The molecule has 2 aromatic rings. The van der Waals surface area contributed by atoms with Crippen LogP contribution in [0.3, 0.4) is 0 Å². The van der Waals surface area contributed by atoms with Gasteiger partial charge in [0.2, 0.25) is 5.91 Å². The van der Waals surface area contributed by atoms with Crippen LogP contribution in [0.2, 0.25) is 0 Å². The lowest BCUT2D eigenvalue weighted by atomic mass is 9.72. The van der Waals surface area contributed by atoms with Crippen LogP contribution in [0, 0.1) is 11.8 Å². The molecule has 3 N–H and O–H groups in total. The first-order valence-corrected chi connectivity index (χ1v) is 11.4. The van der Waals surface area contributed by atoms with Crippen LogP contribution in [0.25, 0.3) is 0 Å². The molecule has 3 atom stereocenters. The molecule has 0 spiro atoms. The summed E-state index contributed by atoms with van der Waals surface area (Å²) in [6, 6.07) is 16.1. The van der Waals surface area contributed by atoms with Gasteiger partial charge in [-0.1, -0.05) is 57.9 Å². The average molecular weight is 420 g/mol. The lowest BCUT2D eigenvalue weighted by Crippen LogP contribution is -2.60. The van der Waals surface area contributed by atoms with Crippen LogP contribution in [0.5, 0.6) is 0 Å². The van der Waals surface area contributed by atoms with Gasteiger partial charge in [-0.2, -0.15) is 0 Å². The molecule has 1 heterocycles. The fourth-order valence-corrected chi connectivity index (χ4v) is 4.88. The van der Waals surface area contributed by atoms with Gasteiger partial charge >= 0.3 is 0 Å². The number of amides is 2. The summed E-state index contributed by atoms with van der Waals surface area (Å²) < 4.78 is 0. The Morgan fingerprint density at radius 1 is 1.06 bits per heavy atom. The van der Waals surface area contributed by atoms with E-state index in [1.807, 2.05) is 30.3 Å². The van der Waals surface area contributed by atoms with Gasteiger partial charge in [0.05, 0.1) is 0 Å². The number of anilines is 1. The lowest BCUT2D eigenvalue weighted by molar-refractivity contribution is -0.133. The van der Waals surface area contributed by atoms with E-state index in [1.54, 1.807) is 0 Å². The monoisotopic (exact) mass is 419 g/mol. The highest BCUT2D eigenvalue weighted by molar-refractivity contribution is 6.04. The van der Waals surface area contributed by atoms with Gasteiger partial charge in [0, 0.05) is 23.2 Å². The summed E-state index contributed by atoms with van der Waals surface area (Å²) in [7, 11) is 0. The Kier molecular flexibility index (Phi) is 6.15. The summed E-state index contributed by atoms with van der Waals surface area (Å²) >= 11 is 0. The Labute approximate surface area is 185 Å². The van der Waals surface area contributed by atoms with Gasteiger partial charge in [-0.25, -0.2) is 5.43 Å². The first kappa shape index (κ1) is 21.6. The van der Waals surface area contributed by atoms with Crippen molar-refractivity contribution in [3.63, 3.8) is 0 Å². The second-order valence-corrected chi connectivity index (χ2v) is 9.98. The molecule has 1 aliphatic heterocycles. The van der Waals surface area contributed by atoms with Crippen LogP contribution in [-0.2, 0) is 16.6 Å². The van der Waals surface area contributed by atoms with Crippen molar-refractivity contribution in [3.8, 4) is 0 Å². The zero-order chi connectivity index (χ0) is 22.0. The Balaban J connectivity index is 1.43. The summed E-state index contributed by atoms with van der Waals surface area (Å²) in [5.41, 5.74) is 9.96. The van der Waals surface area contributed by atoms with Crippen molar-refractivity contribution in [2.45, 2.75) is 64.3 Å². The highest BCUT2D eigenvalue weighted by Gasteiger charge is 2.39. The maximum Gasteiger partial charge on any atom is 0.255 e. The van der Waals surface area contributed by atoms with E-state index in [2.05, 4.69) is 55.1 Å². The minimum atomic E-state index is -0.106. The Morgan fingerprint density at radius 3 is 2.55 bits per heavy atom. The Hall–Kier alpha value is -2.66. The maximum absolute atomic E-state index is 12.8. The van der Waals surface area contributed by atoms with Crippen molar-refractivity contribution in [1.82, 2.24) is 10.9 Å². The number of hydrazine groups is 1. The molecule has 0 radical (unpaired) electrons. The largest absolute Gasteiger partial charge is 0.322 e. The van der Waals surface area contributed by atoms with Gasteiger partial charge in [0.1, 0.15) is 0 Å². The van der Waals surface area contributed by atoms with Crippen molar-refractivity contribution >= 4 is 17.5 Å². The van der Waals surface area contributed by atoms with Gasteiger partial charge in [0.15, 0.2) is 0 Å². The van der Waals surface area contributed by atoms with Gasteiger partial charge in [-0.05, 0) is 66.0 Å². The second-order valence-electron chi connectivity index (χ2n) is 9.98. The van der Waals surface area contributed by atoms with Crippen molar-refractivity contribution in [2.75, 3.05) is 5.32 Å². The first-order valence-electron chi connectivity index (χ1n) is 11.4. The number of nitrogens with one attached hydrogen (secondary N) is 3. The maximum atomic E-state index is 12.8. The SMILES string of the molecule is CC(C)(C)c1ccc(NC(=O)c2cccc(CC3NNC(=O)C4CCCCC34)c2)cc1. The summed E-state index contributed by atoms with van der Waals surface area (Å²) in [5, 5.41) is 3.01. The summed E-state index contributed by atoms with van der Waals surface area (Å²) in [4.78, 5) is 25.0. The number of fused-ring (bicyclic) bond motifs is 1. The van der Waals surface area contributed by atoms with Gasteiger partial charge in [-0.15, -0.1) is 0 Å². The van der Waals surface area contributed by atoms with E-state index in [0.717, 1.165) is 36.9 Å². The smallest absolute Gasteiger partial charge is 0.255 e. The predicted molar refractivity (Wildman–Crippen MR) is 124 cm³/mol. The van der Waals surface area contributed by atoms with E-state index in [4.69, 9.17) is 0 Å². The van der Waals surface area contributed by atoms with Crippen LogP contribution in [0.1, 0.15) is 67.9 Å². The normalized spacial score (nSPS) is 23.6. The number of hydrogen-bond acceptors (Lipinski definition) is 3. The average Bonchev–Trinajstić information content (AvgIpc) is 2.76. The molecule has 1 saturated heterocycles. The van der Waals surface area contributed by atoms with E-state index >= 15 is 0 Å². The molecule has 5 heteroatoms. The van der Waals surface area contributed by atoms with E-state index < -0.39 is 0 Å². The fourth-order valence-electron chi connectivity index (χ4n) is 4.88. The fraction of sp³-hybridized carbons (Fsp3) is 0.462. The third-order valence-electron chi connectivity index (χ3n) is 6.71. The minimum absolute atomic E-state index is 0.0842. The van der Waals surface area contributed by atoms with Gasteiger partial charge < -0.3 is 5.32 Å². The Bertz CT molecular complexity index is 946. The molecular weight excluding hydrogens is 386 g/mol. The van der Waals surface area contributed by atoms with Crippen molar-refractivity contribution in [1.29, 1.82) is 0 Å². The highest BCUT2D eigenvalue weighted by atomic mass is 16.2. The molecule has 0 aromatic heterocycles. The van der Waals surface area contributed by atoms with E-state index in [1.165, 1.54) is 12.0 Å². The van der Waals surface area contributed by atoms with Crippen molar-refractivity contribution < 1.29 is 9.59 Å². The lowest BCUT2D eigenvalue weighted by Gasteiger charge is -2.41. The third kappa shape index (κ3) is 4.99. The minimum Gasteiger partial charge on any atom is -0.322 e. The van der Waals surface area contributed by atoms with Crippen LogP contribution >= 0.6 is 0 Å². The van der Waals surface area contributed by atoms with Crippen molar-refractivity contribution in [3.05, 3.63) is 65.2 Å². The zero-order valence-electron chi connectivity index (χ0n) is 18.7. The number of hydrogen-bond donors (Lipinski definition) is 3. The van der Waals surface area contributed by atoms with E-state index in [0.29, 0.717) is 11.5 Å². The summed E-state index contributed by atoms with van der Waals surface area (Å²) in [5.74, 6) is 0.501. The quantitative estimate of drug-likeness (QED) is 0.679. The predicted octanol–water partition coefficient (Wildman–Crippen LogP) is 4.59. The molecule has 1 saturated carbocycles. The molecule has 2 fully saturated rings. The first-order chi connectivity index (χ1) is 14.8. The van der Waals surface area contributed by atoms with Crippen LogP contribution in [0.15, 0.2) is 48.5 Å². The molecule has 4 rings (SSSR count). The molecule has 0 bridgehead atoms. The molecule has 2 amide bonds. The summed E-state index contributed by atoms with van der Waals surface area (Å²) in [6.45, 7) is 6.52. The summed E-state index contributed by atoms with van der Waals surface area (Å²) in [6.07, 6.45) is 5.17. The number of carbonyl (C=O) groups excluding carboxylic acids is 2. The molecule has 5 nitrogen and oxygen atoms in total. The third-order valence-corrected chi connectivity index (χ3v) is 6.71. The molecule has 164 valence electrons. The molecular formula is C26H33N3O2. The van der Waals surface area contributed by atoms with Gasteiger partial charge in [0.25, 0.3) is 5.91 Å². The molecule has 2 aliphatic rings. The number of carbonyl (C=O) groups is 2. The molecule has 2 aromatic carbocycles. The van der Waals surface area contributed by atoms with E-state index in [9.17, 15) is 9.59 Å². The highest BCUT2D eigenvalue weighted by Crippen LogP contribution is 2.35. The topological polar surface area (TPSA) is 70.2 Å². The second kappa shape index (κ2) is 8.83. The standard InChI is InChI=1S/C26H33N3O2/c1-26(2,3)19-11-13-20(14-12-19)27-24(30)18-8-6-7-17(15-18)16-23-21-9-4-5-10-22(21)25(31)29-28-23/h6-8,11-15,21-23,28H,4-5,9-10,16H2,1-3H3,(H,27,30)(H,29,31). The molecule has 3 unspecified atom stereocenters. The molecule has 31 heavy (non-hydrogen) atoms. The molecule has 1 aliphatic carbocycles. The van der Waals surface area contributed by atoms with Crippen LogP contribution < -0.4 is 16.2 Å². The zero-order valence-corrected chi connectivity index (χ0v) is 18.7. The van der Waals surface area contributed by atoms with E-state index in [-0.39, 0.29) is 29.2 Å². The number of rotatable bonds is 4. The van der Waals surface area contributed by atoms with Gasteiger partial charge in [-0.3, -0.25) is 15.0 Å². The van der Waals surface area contributed by atoms with Crippen LogP contribution in [-0.4, -0.2) is 17.9 Å².